The van der Waals surface area contributed by atoms with Gasteiger partial charge in [-0.1, -0.05) is 11.6 Å². The molecule has 0 radical (unpaired) electrons. The molecule has 1 aliphatic heterocycles. The van der Waals surface area contributed by atoms with Crippen LogP contribution in [0.4, 0.5) is 5.69 Å². The lowest BCUT2D eigenvalue weighted by Gasteiger charge is -2.27. The molecule has 0 aromatic heterocycles. The topological polar surface area (TPSA) is 68.2 Å². The van der Waals surface area contributed by atoms with E-state index in [0.717, 1.165) is 26.2 Å². The van der Waals surface area contributed by atoms with Crippen LogP contribution in [-0.2, 0) is 4.79 Å². The van der Waals surface area contributed by atoms with Crippen molar-refractivity contribution in [3.8, 4) is 6.07 Å². The van der Waals surface area contributed by atoms with Crippen LogP contribution in [0.3, 0.4) is 0 Å². The van der Waals surface area contributed by atoms with Gasteiger partial charge in [-0.05, 0) is 18.2 Å². The fourth-order valence-corrected chi connectivity index (χ4v) is 2.13. The van der Waals surface area contributed by atoms with E-state index in [1.165, 1.54) is 0 Å². The number of hydrogen-bond acceptors (Lipinski definition) is 4. The Hall–Kier alpha value is -1.77. The number of piperazine rings is 1. The van der Waals surface area contributed by atoms with Gasteiger partial charge in [0.2, 0.25) is 5.91 Å². The van der Waals surface area contributed by atoms with Crippen molar-refractivity contribution >= 4 is 23.2 Å². The quantitative estimate of drug-likeness (QED) is 0.867. The van der Waals surface area contributed by atoms with E-state index in [0.29, 0.717) is 16.3 Å². The summed E-state index contributed by atoms with van der Waals surface area (Å²) in [5.74, 6) is 0.0420. The Labute approximate surface area is 117 Å². The first-order valence-electron chi connectivity index (χ1n) is 6.13. The average molecular weight is 279 g/mol. The predicted molar refractivity (Wildman–Crippen MR) is 74.1 cm³/mol. The van der Waals surface area contributed by atoms with E-state index in [1.807, 2.05) is 4.90 Å². The van der Waals surface area contributed by atoms with Gasteiger partial charge in [0.1, 0.15) is 6.07 Å². The van der Waals surface area contributed by atoms with Crippen LogP contribution in [0.5, 0.6) is 0 Å². The molecule has 1 heterocycles. The zero-order valence-corrected chi connectivity index (χ0v) is 11.2. The second kappa shape index (κ2) is 6.41. The molecule has 1 amide bonds. The highest BCUT2D eigenvalue weighted by Crippen LogP contribution is 2.19. The molecule has 2 rings (SSSR count). The molecular formula is C13H15ClN4O. The summed E-state index contributed by atoms with van der Waals surface area (Å²) >= 11 is 5.82. The van der Waals surface area contributed by atoms with Crippen LogP contribution in [0.1, 0.15) is 5.56 Å². The summed E-state index contributed by atoms with van der Waals surface area (Å²) in [6.07, 6.45) is 0. The number of nitrogens with zero attached hydrogens (tertiary/aromatic N) is 2. The van der Waals surface area contributed by atoms with E-state index in [4.69, 9.17) is 16.9 Å². The van der Waals surface area contributed by atoms with Gasteiger partial charge in [-0.2, -0.15) is 5.26 Å². The van der Waals surface area contributed by atoms with Crippen molar-refractivity contribution in [1.29, 1.82) is 5.26 Å². The van der Waals surface area contributed by atoms with E-state index in [2.05, 4.69) is 16.7 Å². The summed E-state index contributed by atoms with van der Waals surface area (Å²) < 4.78 is 0. The predicted octanol–water partition coefficient (Wildman–Crippen LogP) is 1.06. The third-order valence-corrected chi connectivity index (χ3v) is 3.24. The Bertz CT molecular complexity index is 506. The number of carbonyl (C=O) groups excluding carboxylic acids is 1. The zero-order chi connectivity index (χ0) is 13.7. The number of halogens is 1. The molecule has 100 valence electrons. The van der Waals surface area contributed by atoms with Gasteiger partial charge in [0, 0.05) is 31.2 Å². The zero-order valence-electron chi connectivity index (χ0n) is 10.4. The number of carbonyl (C=O) groups is 1. The van der Waals surface area contributed by atoms with Crippen LogP contribution in [0.2, 0.25) is 5.02 Å². The van der Waals surface area contributed by atoms with E-state index < -0.39 is 0 Å². The molecule has 1 aromatic rings. The molecule has 5 nitrogen and oxygen atoms in total. The minimum Gasteiger partial charge on any atom is -0.375 e. The first kappa shape index (κ1) is 13.7. The van der Waals surface area contributed by atoms with Crippen LogP contribution < -0.4 is 10.6 Å². The van der Waals surface area contributed by atoms with Crippen molar-refractivity contribution in [1.82, 2.24) is 10.2 Å². The van der Waals surface area contributed by atoms with Gasteiger partial charge in [0.05, 0.1) is 17.8 Å². The van der Waals surface area contributed by atoms with E-state index in [1.54, 1.807) is 18.2 Å². The third kappa shape index (κ3) is 3.60. The molecule has 0 spiro atoms. The molecule has 1 aromatic carbocycles. The summed E-state index contributed by atoms with van der Waals surface area (Å²) in [4.78, 5) is 13.8. The molecule has 19 heavy (non-hydrogen) atoms. The second-order valence-electron chi connectivity index (χ2n) is 4.29. The Morgan fingerprint density at radius 2 is 2.21 bits per heavy atom. The Morgan fingerprint density at radius 3 is 2.89 bits per heavy atom. The highest BCUT2D eigenvalue weighted by atomic mass is 35.5. The van der Waals surface area contributed by atoms with Crippen molar-refractivity contribution in [2.24, 2.45) is 0 Å². The Balaban J connectivity index is 1.95. The van der Waals surface area contributed by atoms with Crippen LogP contribution in [0, 0.1) is 11.3 Å². The van der Waals surface area contributed by atoms with Crippen molar-refractivity contribution in [2.45, 2.75) is 0 Å². The number of rotatable bonds is 3. The molecule has 0 saturated carbocycles. The Kier molecular flexibility index (Phi) is 4.61. The summed E-state index contributed by atoms with van der Waals surface area (Å²) in [6.45, 7) is 3.31. The molecule has 1 saturated heterocycles. The van der Waals surface area contributed by atoms with E-state index in [9.17, 15) is 4.79 Å². The van der Waals surface area contributed by atoms with Crippen LogP contribution in [-0.4, -0.2) is 43.5 Å². The van der Waals surface area contributed by atoms with Gasteiger partial charge in [0.15, 0.2) is 0 Å². The molecule has 0 unspecified atom stereocenters. The summed E-state index contributed by atoms with van der Waals surface area (Å²) in [7, 11) is 0. The maximum absolute atomic E-state index is 12.0. The molecule has 0 aliphatic carbocycles. The summed E-state index contributed by atoms with van der Waals surface area (Å²) in [6, 6.07) is 7.05. The average Bonchev–Trinajstić information content (AvgIpc) is 2.46. The maximum Gasteiger partial charge on any atom is 0.241 e. The number of amides is 1. The highest BCUT2D eigenvalue weighted by Gasteiger charge is 2.16. The number of hydrogen-bond donors (Lipinski definition) is 2. The van der Waals surface area contributed by atoms with Gasteiger partial charge in [0.25, 0.3) is 0 Å². The molecular weight excluding hydrogens is 264 g/mol. The molecule has 0 bridgehead atoms. The van der Waals surface area contributed by atoms with Crippen LogP contribution in [0.25, 0.3) is 0 Å². The van der Waals surface area contributed by atoms with Gasteiger partial charge >= 0.3 is 0 Å². The lowest BCUT2D eigenvalue weighted by Crippen LogP contribution is -2.48. The van der Waals surface area contributed by atoms with Crippen LogP contribution in [0.15, 0.2) is 18.2 Å². The normalized spacial score (nSPS) is 14.8. The fourth-order valence-electron chi connectivity index (χ4n) is 1.96. The van der Waals surface area contributed by atoms with Crippen LogP contribution >= 0.6 is 11.6 Å². The number of anilines is 1. The van der Waals surface area contributed by atoms with Gasteiger partial charge < -0.3 is 15.5 Å². The van der Waals surface area contributed by atoms with Crippen molar-refractivity contribution < 1.29 is 4.79 Å². The highest BCUT2D eigenvalue weighted by molar-refractivity contribution is 6.30. The minimum atomic E-state index is 0.0420. The monoisotopic (exact) mass is 278 g/mol. The first-order valence-corrected chi connectivity index (χ1v) is 6.50. The van der Waals surface area contributed by atoms with E-state index in [-0.39, 0.29) is 12.5 Å². The lowest BCUT2D eigenvalue weighted by molar-refractivity contribution is -0.129. The van der Waals surface area contributed by atoms with Gasteiger partial charge in [-0.15, -0.1) is 0 Å². The standard InChI is InChI=1S/C13H15ClN4O/c14-11-1-2-12(10(7-11)8-15)17-9-13(19)18-5-3-16-4-6-18/h1-2,7,16-17H,3-6,9H2. The maximum atomic E-state index is 12.0. The Morgan fingerprint density at radius 1 is 1.47 bits per heavy atom. The molecule has 1 aliphatic rings. The molecule has 0 atom stereocenters. The summed E-state index contributed by atoms with van der Waals surface area (Å²) in [5, 5.41) is 15.7. The SMILES string of the molecule is N#Cc1cc(Cl)ccc1NCC(=O)N1CCNCC1. The molecule has 2 N–H and O–H groups in total. The smallest absolute Gasteiger partial charge is 0.241 e. The minimum absolute atomic E-state index is 0.0420. The number of nitrogens with one attached hydrogen (secondary N) is 2. The van der Waals surface area contributed by atoms with Crippen molar-refractivity contribution in [3.63, 3.8) is 0 Å². The van der Waals surface area contributed by atoms with Gasteiger partial charge in [-0.25, -0.2) is 0 Å². The fraction of sp³-hybridized carbons (Fsp3) is 0.385. The number of nitriles is 1. The van der Waals surface area contributed by atoms with Crippen molar-refractivity contribution in [3.05, 3.63) is 28.8 Å². The molecule has 6 heteroatoms. The third-order valence-electron chi connectivity index (χ3n) is 3.00. The lowest BCUT2D eigenvalue weighted by atomic mass is 10.2. The number of benzene rings is 1. The van der Waals surface area contributed by atoms with Gasteiger partial charge in [-0.3, -0.25) is 4.79 Å². The molecule has 1 fully saturated rings. The van der Waals surface area contributed by atoms with E-state index >= 15 is 0 Å². The van der Waals surface area contributed by atoms with Crippen molar-refractivity contribution in [2.75, 3.05) is 38.0 Å². The summed E-state index contributed by atoms with van der Waals surface area (Å²) in [5.41, 5.74) is 1.08. The largest absolute Gasteiger partial charge is 0.375 e. The first-order chi connectivity index (χ1) is 9.20. The second-order valence-corrected chi connectivity index (χ2v) is 4.72.